The predicted molar refractivity (Wildman–Crippen MR) is 97.1 cm³/mol. The van der Waals surface area contributed by atoms with Crippen molar-refractivity contribution in [2.24, 2.45) is 5.92 Å². The van der Waals surface area contributed by atoms with E-state index >= 15 is 0 Å². The van der Waals surface area contributed by atoms with Crippen molar-refractivity contribution in [2.45, 2.75) is 23.5 Å². The summed E-state index contributed by atoms with van der Waals surface area (Å²) in [6.45, 7) is 1.07. The van der Waals surface area contributed by atoms with Crippen molar-refractivity contribution in [3.8, 4) is 11.4 Å². The lowest BCUT2D eigenvalue weighted by molar-refractivity contribution is 0.247. The monoisotopic (exact) mass is 395 g/mol. The summed E-state index contributed by atoms with van der Waals surface area (Å²) in [6, 6.07) is 5.38. The summed E-state index contributed by atoms with van der Waals surface area (Å²) in [4.78, 5) is 4.45. The molecule has 3 aromatic rings. The first-order valence-corrected chi connectivity index (χ1v) is 11.3. The van der Waals surface area contributed by atoms with Gasteiger partial charge in [-0.2, -0.15) is 20.6 Å². The van der Waals surface area contributed by atoms with E-state index in [1.54, 1.807) is 33.2 Å². The van der Waals surface area contributed by atoms with Gasteiger partial charge in [-0.3, -0.25) is 0 Å². The second-order valence-electron chi connectivity index (χ2n) is 6.03. The number of sulfonamides is 1. The minimum atomic E-state index is -3.39. The van der Waals surface area contributed by atoms with E-state index in [1.165, 1.54) is 11.3 Å². The van der Waals surface area contributed by atoms with Gasteiger partial charge in [-0.15, -0.1) is 11.3 Å². The maximum atomic E-state index is 12.7. The molecule has 0 radical (unpaired) electrons. The van der Waals surface area contributed by atoms with Crippen LogP contribution in [0.1, 0.15) is 18.7 Å². The molecular formula is C16H17N3O3S3. The largest absolute Gasteiger partial charge is 0.339 e. The van der Waals surface area contributed by atoms with Crippen LogP contribution in [0.2, 0.25) is 0 Å². The minimum absolute atomic E-state index is 0.194. The highest BCUT2D eigenvalue weighted by Gasteiger charge is 2.31. The Balaban J connectivity index is 1.45. The third kappa shape index (κ3) is 3.55. The Bertz CT molecular complexity index is 917. The highest BCUT2D eigenvalue weighted by atomic mass is 32.2. The van der Waals surface area contributed by atoms with Gasteiger partial charge in [0, 0.05) is 30.5 Å². The van der Waals surface area contributed by atoms with Gasteiger partial charge in [-0.1, -0.05) is 11.2 Å². The van der Waals surface area contributed by atoms with E-state index < -0.39 is 10.0 Å². The van der Waals surface area contributed by atoms with E-state index in [1.807, 2.05) is 16.8 Å². The number of thiophene rings is 2. The summed E-state index contributed by atoms with van der Waals surface area (Å²) < 4.78 is 32.7. The fourth-order valence-corrected chi connectivity index (χ4v) is 6.38. The van der Waals surface area contributed by atoms with Crippen molar-refractivity contribution in [2.75, 3.05) is 13.1 Å². The Hall–Kier alpha value is -1.55. The van der Waals surface area contributed by atoms with Crippen molar-refractivity contribution < 1.29 is 12.9 Å². The van der Waals surface area contributed by atoms with E-state index in [0.29, 0.717) is 35.4 Å². The average Bonchev–Trinajstić information content (AvgIpc) is 3.36. The van der Waals surface area contributed by atoms with Gasteiger partial charge in [0.05, 0.1) is 0 Å². The topological polar surface area (TPSA) is 76.3 Å². The van der Waals surface area contributed by atoms with Crippen LogP contribution < -0.4 is 0 Å². The maximum absolute atomic E-state index is 12.7. The fraction of sp³-hybridized carbons (Fsp3) is 0.375. The van der Waals surface area contributed by atoms with Crippen LogP contribution in [0.25, 0.3) is 11.4 Å². The summed E-state index contributed by atoms with van der Waals surface area (Å²) in [5.41, 5.74) is 0.950. The third-order valence-electron chi connectivity index (χ3n) is 4.28. The lowest BCUT2D eigenvalue weighted by atomic mass is 9.96. The third-order valence-corrected chi connectivity index (χ3v) is 8.20. The number of rotatable bonds is 5. The second kappa shape index (κ2) is 6.99. The lowest BCUT2D eigenvalue weighted by Gasteiger charge is -2.30. The molecule has 132 valence electrons. The molecule has 0 aliphatic carbocycles. The van der Waals surface area contributed by atoms with E-state index in [-0.39, 0.29) is 5.92 Å². The first-order valence-electron chi connectivity index (χ1n) is 8.02. The van der Waals surface area contributed by atoms with Gasteiger partial charge in [-0.25, -0.2) is 8.42 Å². The molecule has 0 amide bonds. The zero-order valence-electron chi connectivity index (χ0n) is 13.4. The van der Waals surface area contributed by atoms with Gasteiger partial charge in [0.15, 0.2) is 0 Å². The average molecular weight is 396 g/mol. The molecule has 1 fully saturated rings. The Kier molecular flexibility index (Phi) is 4.72. The molecule has 0 aromatic carbocycles. The maximum Gasteiger partial charge on any atom is 0.252 e. The molecule has 6 nitrogen and oxygen atoms in total. The Morgan fingerprint density at radius 3 is 3.00 bits per heavy atom. The van der Waals surface area contributed by atoms with Gasteiger partial charge in [0.2, 0.25) is 11.7 Å². The van der Waals surface area contributed by atoms with Crippen LogP contribution in [0.5, 0.6) is 0 Å². The first-order chi connectivity index (χ1) is 12.1. The highest BCUT2D eigenvalue weighted by Crippen LogP contribution is 2.28. The molecule has 4 heterocycles. The molecule has 0 bridgehead atoms. The SMILES string of the molecule is O=S(=O)(c1cccs1)N1CCC[C@H](Cc2nc(-c3ccsc3)no2)C1. The smallest absolute Gasteiger partial charge is 0.252 e. The number of hydrogen-bond donors (Lipinski definition) is 0. The molecule has 9 heteroatoms. The molecular weight excluding hydrogens is 378 g/mol. The van der Waals surface area contributed by atoms with Crippen LogP contribution in [-0.2, 0) is 16.4 Å². The molecule has 25 heavy (non-hydrogen) atoms. The Labute approximate surface area is 154 Å². The molecule has 1 aliphatic rings. The van der Waals surface area contributed by atoms with Gasteiger partial charge < -0.3 is 4.52 Å². The summed E-state index contributed by atoms with van der Waals surface area (Å²) in [5.74, 6) is 1.36. The molecule has 3 aromatic heterocycles. The van der Waals surface area contributed by atoms with Crippen molar-refractivity contribution in [1.82, 2.24) is 14.4 Å². The van der Waals surface area contributed by atoms with Crippen molar-refractivity contribution in [1.29, 1.82) is 0 Å². The number of nitrogens with zero attached hydrogens (tertiary/aromatic N) is 3. The van der Waals surface area contributed by atoms with Gasteiger partial charge in [-0.05, 0) is 41.7 Å². The van der Waals surface area contributed by atoms with E-state index in [9.17, 15) is 8.42 Å². The van der Waals surface area contributed by atoms with Crippen molar-refractivity contribution in [3.05, 3.63) is 40.2 Å². The molecule has 4 rings (SSSR count). The van der Waals surface area contributed by atoms with E-state index in [2.05, 4.69) is 10.1 Å². The number of piperidine rings is 1. The minimum Gasteiger partial charge on any atom is -0.339 e. The van der Waals surface area contributed by atoms with E-state index in [4.69, 9.17) is 4.52 Å². The van der Waals surface area contributed by atoms with Gasteiger partial charge >= 0.3 is 0 Å². The summed E-state index contributed by atoms with van der Waals surface area (Å²) in [5, 5.41) is 9.76. The lowest BCUT2D eigenvalue weighted by Crippen LogP contribution is -2.40. The quantitative estimate of drug-likeness (QED) is 0.661. The van der Waals surface area contributed by atoms with Crippen molar-refractivity contribution >= 4 is 32.7 Å². The van der Waals surface area contributed by atoms with E-state index in [0.717, 1.165) is 18.4 Å². The van der Waals surface area contributed by atoms with Crippen LogP contribution in [0.3, 0.4) is 0 Å². The second-order valence-corrected chi connectivity index (χ2v) is 9.92. The number of aromatic nitrogens is 2. The standard InChI is InChI=1S/C16H17N3O3S3/c20-25(21,15-4-2-7-24-15)19-6-1-3-12(10-19)9-14-17-16(18-22-14)13-5-8-23-11-13/h2,4-5,7-8,11-12H,1,3,6,9-10H2/t12-/m1/s1. The molecule has 1 atom stereocenters. The highest BCUT2D eigenvalue weighted by molar-refractivity contribution is 7.91. The molecule has 0 spiro atoms. The zero-order valence-corrected chi connectivity index (χ0v) is 15.8. The van der Waals surface area contributed by atoms with Crippen LogP contribution in [0, 0.1) is 5.92 Å². The molecule has 0 N–H and O–H groups in total. The molecule has 0 unspecified atom stereocenters. The van der Waals surface area contributed by atoms with Crippen LogP contribution in [0.15, 0.2) is 43.1 Å². The molecule has 0 saturated carbocycles. The summed E-state index contributed by atoms with van der Waals surface area (Å²) >= 11 is 2.85. The summed E-state index contributed by atoms with van der Waals surface area (Å²) in [7, 11) is -3.39. The Morgan fingerprint density at radius 1 is 1.32 bits per heavy atom. The summed E-state index contributed by atoms with van der Waals surface area (Å²) in [6.07, 6.45) is 2.42. The van der Waals surface area contributed by atoms with Gasteiger partial charge in [0.25, 0.3) is 10.0 Å². The number of hydrogen-bond acceptors (Lipinski definition) is 7. The fourth-order valence-electron chi connectivity index (χ4n) is 3.04. The Morgan fingerprint density at radius 2 is 2.24 bits per heavy atom. The van der Waals surface area contributed by atoms with Crippen LogP contribution in [-0.4, -0.2) is 36.0 Å². The zero-order chi connectivity index (χ0) is 17.3. The molecule has 1 aliphatic heterocycles. The predicted octanol–water partition coefficient (Wildman–Crippen LogP) is 3.50. The van der Waals surface area contributed by atoms with Gasteiger partial charge in [0.1, 0.15) is 4.21 Å². The van der Waals surface area contributed by atoms with Crippen LogP contribution >= 0.6 is 22.7 Å². The van der Waals surface area contributed by atoms with Crippen LogP contribution in [0.4, 0.5) is 0 Å². The molecule has 1 saturated heterocycles. The normalized spacial score (nSPS) is 19.3. The van der Waals surface area contributed by atoms with Crippen molar-refractivity contribution in [3.63, 3.8) is 0 Å². The first kappa shape index (κ1) is 16.9.